The second-order valence-corrected chi connectivity index (χ2v) is 3.02. The number of aromatic amines is 1. The fourth-order valence-electron chi connectivity index (χ4n) is 1.42. The zero-order valence-corrected chi connectivity index (χ0v) is 7.62. The van der Waals surface area contributed by atoms with E-state index in [9.17, 15) is 0 Å². The van der Waals surface area contributed by atoms with Gasteiger partial charge in [-0.05, 0) is 0 Å². The van der Waals surface area contributed by atoms with Crippen LogP contribution in [0.3, 0.4) is 0 Å². The Kier molecular flexibility index (Phi) is 1.46. The standard InChI is InChI=1S/C8H7N7/c9-8-13-7-4-10-3-6(15(7)14-8)5-1-11-12-2-5/h1-4H,(H2,9,14)(H,11,12). The van der Waals surface area contributed by atoms with Gasteiger partial charge in [0.05, 0.1) is 24.3 Å². The predicted octanol–water partition coefficient (Wildman–Crippen LogP) is 0.0966. The van der Waals surface area contributed by atoms with Gasteiger partial charge < -0.3 is 5.73 Å². The van der Waals surface area contributed by atoms with Crippen LogP contribution in [-0.4, -0.2) is 29.8 Å². The van der Waals surface area contributed by atoms with Crippen LogP contribution in [0.25, 0.3) is 16.9 Å². The van der Waals surface area contributed by atoms with Gasteiger partial charge in [0.2, 0.25) is 5.95 Å². The van der Waals surface area contributed by atoms with Crippen molar-refractivity contribution in [2.45, 2.75) is 0 Å². The first-order valence-electron chi connectivity index (χ1n) is 4.30. The lowest BCUT2D eigenvalue weighted by Crippen LogP contribution is -1.95. The van der Waals surface area contributed by atoms with E-state index in [0.29, 0.717) is 5.65 Å². The number of rotatable bonds is 1. The molecule has 0 saturated heterocycles. The van der Waals surface area contributed by atoms with Crippen molar-refractivity contribution in [3.63, 3.8) is 0 Å². The summed E-state index contributed by atoms with van der Waals surface area (Å²) in [7, 11) is 0. The van der Waals surface area contributed by atoms with Crippen LogP contribution in [0.4, 0.5) is 5.95 Å². The molecule has 3 rings (SSSR count). The van der Waals surface area contributed by atoms with Crippen LogP contribution < -0.4 is 5.73 Å². The SMILES string of the molecule is Nc1nc2cncc(-c3cn[nH]c3)n2n1. The molecule has 0 aromatic carbocycles. The van der Waals surface area contributed by atoms with E-state index in [1.165, 1.54) is 0 Å². The maximum atomic E-state index is 5.52. The first-order chi connectivity index (χ1) is 7.34. The molecule has 0 amide bonds. The summed E-state index contributed by atoms with van der Waals surface area (Å²) in [6, 6.07) is 0. The summed E-state index contributed by atoms with van der Waals surface area (Å²) in [6.45, 7) is 0. The molecule has 0 spiro atoms. The molecular formula is C8H7N7. The number of H-pyrrole nitrogens is 1. The molecule has 0 aliphatic heterocycles. The largest absolute Gasteiger partial charge is 0.366 e. The van der Waals surface area contributed by atoms with Crippen LogP contribution >= 0.6 is 0 Å². The van der Waals surface area contributed by atoms with Gasteiger partial charge in [-0.25, -0.2) is 4.52 Å². The Bertz CT molecular complexity index is 595. The minimum Gasteiger partial charge on any atom is -0.366 e. The number of hydrogen-bond donors (Lipinski definition) is 2. The first-order valence-corrected chi connectivity index (χ1v) is 4.30. The van der Waals surface area contributed by atoms with Crippen LogP contribution in [0.2, 0.25) is 0 Å². The van der Waals surface area contributed by atoms with E-state index in [4.69, 9.17) is 5.73 Å². The van der Waals surface area contributed by atoms with E-state index < -0.39 is 0 Å². The number of hydrogen-bond acceptors (Lipinski definition) is 5. The molecule has 0 fully saturated rings. The van der Waals surface area contributed by atoms with Crippen LogP contribution in [0.5, 0.6) is 0 Å². The normalized spacial score (nSPS) is 10.9. The first kappa shape index (κ1) is 7.92. The maximum Gasteiger partial charge on any atom is 0.240 e. The smallest absolute Gasteiger partial charge is 0.240 e. The molecule has 7 nitrogen and oxygen atoms in total. The number of nitrogens with zero attached hydrogens (tertiary/aromatic N) is 5. The Morgan fingerprint density at radius 3 is 3.00 bits per heavy atom. The summed E-state index contributed by atoms with van der Waals surface area (Å²) >= 11 is 0. The predicted molar refractivity (Wildman–Crippen MR) is 52.8 cm³/mol. The lowest BCUT2D eigenvalue weighted by Gasteiger charge is -1.98. The van der Waals surface area contributed by atoms with Crippen LogP contribution in [0.1, 0.15) is 0 Å². The number of nitrogens with one attached hydrogen (secondary N) is 1. The fourth-order valence-corrected chi connectivity index (χ4v) is 1.42. The lowest BCUT2D eigenvalue weighted by atomic mass is 10.3. The van der Waals surface area contributed by atoms with Crippen molar-refractivity contribution in [1.82, 2.24) is 29.8 Å². The fraction of sp³-hybridized carbons (Fsp3) is 0. The van der Waals surface area contributed by atoms with E-state index in [0.717, 1.165) is 11.3 Å². The molecule has 3 N–H and O–H groups in total. The Hall–Kier alpha value is -2.44. The van der Waals surface area contributed by atoms with Gasteiger partial charge in [0.1, 0.15) is 0 Å². The average molecular weight is 201 g/mol. The molecule has 0 saturated carbocycles. The molecule has 0 bridgehead atoms. The zero-order valence-electron chi connectivity index (χ0n) is 7.62. The third-order valence-electron chi connectivity index (χ3n) is 2.06. The summed E-state index contributed by atoms with van der Waals surface area (Å²) in [5.41, 5.74) is 7.82. The van der Waals surface area contributed by atoms with Gasteiger partial charge in [0.25, 0.3) is 0 Å². The van der Waals surface area contributed by atoms with Crippen molar-refractivity contribution in [1.29, 1.82) is 0 Å². The molecular weight excluding hydrogens is 194 g/mol. The van der Waals surface area contributed by atoms with Gasteiger partial charge in [0, 0.05) is 11.8 Å². The van der Waals surface area contributed by atoms with Crippen molar-refractivity contribution in [3.8, 4) is 11.3 Å². The highest BCUT2D eigenvalue weighted by Crippen LogP contribution is 2.17. The van der Waals surface area contributed by atoms with Gasteiger partial charge in [-0.15, -0.1) is 5.10 Å². The number of nitrogens with two attached hydrogens (primary N) is 1. The Balaban J connectivity index is 2.35. The lowest BCUT2D eigenvalue weighted by molar-refractivity contribution is 0.961. The molecule has 3 heterocycles. The molecule has 0 aliphatic carbocycles. The van der Waals surface area contributed by atoms with Gasteiger partial charge in [-0.3, -0.25) is 10.1 Å². The van der Waals surface area contributed by atoms with E-state index in [-0.39, 0.29) is 5.95 Å². The van der Waals surface area contributed by atoms with Crippen molar-refractivity contribution < 1.29 is 0 Å². The topological polar surface area (TPSA) is 97.8 Å². The van der Waals surface area contributed by atoms with Gasteiger partial charge in [-0.1, -0.05) is 0 Å². The molecule has 3 aromatic rings. The minimum atomic E-state index is 0.229. The number of anilines is 1. The third kappa shape index (κ3) is 1.13. The van der Waals surface area contributed by atoms with Crippen LogP contribution in [-0.2, 0) is 0 Å². The van der Waals surface area contributed by atoms with Gasteiger partial charge >= 0.3 is 0 Å². The number of aromatic nitrogens is 6. The molecule has 0 radical (unpaired) electrons. The second-order valence-electron chi connectivity index (χ2n) is 3.02. The summed E-state index contributed by atoms with van der Waals surface area (Å²) in [5.74, 6) is 0.229. The molecule has 0 unspecified atom stereocenters. The summed E-state index contributed by atoms with van der Waals surface area (Å²) in [4.78, 5) is 8.08. The summed E-state index contributed by atoms with van der Waals surface area (Å²) in [5, 5.41) is 10.7. The third-order valence-corrected chi connectivity index (χ3v) is 2.06. The maximum absolute atomic E-state index is 5.52. The van der Waals surface area contributed by atoms with Crippen molar-refractivity contribution in [2.24, 2.45) is 0 Å². The highest BCUT2D eigenvalue weighted by atomic mass is 15.3. The number of fused-ring (bicyclic) bond motifs is 1. The summed E-state index contributed by atoms with van der Waals surface area (Å²) in [6.07, 6.45) is 6.74. The molecule has 3 aromatic heterocycles. The monoisotopic (exact) mass is 201 g/mol. The minimum absolute atomic E-state index is 0.229. The molecule has 74 valence electrons. The van der Waals surface area contributed by atoms with E-state index >= 15 is 0 Å². The highest BCUT2D eigenvalue weighted by Gasteiger charge is 2.07. The van der Waals surface area contributed by atoms with E-state index in [1.807, 2.05) is 0 Å². The number of nitrogen functional groups attached to an aromatic ring is 1. The Labute approximate surface area is 84.0 Å². The highest BCUT2D eigenvalue weighted by molar-refractivity contribution is 5.60. The van der Waals surface area contributed by atoms with Crippen LogP contribution in [0, 0.1) is 0 Å². The molecule has 0 atom stereocenters. The molecule has 7 heteroatoms. The van der Waals surface area contributed by atoms with Gasteiger partial charge in [-0.2, -0.15) is 10.1 Å². The molecule has 15 heavy (non-hydrogen) atoms. The van der Waals surface area contributed by atoms with Crippen molar-refractivity contribution in [3.05, 3.63) is 24.8 Å². The van der Waals surface area contributed by atoms with Crippen molar-refractivity contribution in [2.75, 3.05) is 5.73 Å². The average Bonchev–Trinajstić information content (AvgIpc) is 2.82. The summed E-state index contributed by atoms with van der Waals surface area (Å²) < 4.78 is 1.63. The van der Waals surface area contributed by atoms with E-state index in [2.05, 4.69) is 25.3 Å². The zero-order chi connectivity index (χ0) is 10.3. The van der Waals surface area contributed by atoms with Crippen LogP contribution in [0.15, 0.2) is 24.8 Å². The van der Waals surface area contributed by atoms with Crippen molar-refractivity contribution >= 4 is 11.6 Å². The Morgan fingerprint density at radius 2 is 2.20 bits per heavy atom. The Morgan fingerprint density at radius 1 is 1.27 bits per heavy atom. The van der Waals surface area contributed by atoms with E-state index in [1.54, 1.807) is 29.3 Å². The quantitative estimate of drug-likeness (QED) is 0.581. The van der Waals surface area contributed by atoms with Gasteiger partial charge in [0.15, 0.2) is 5.65 Å². The molecule has 0 aliphatic rings. The second kappa shape index (κ2) is 2.77.